The molecule has 98 valence electrons. The van der Waals surface area contributed by atoms with Crippen molar-refractivity contribution < 1.29 is 22.7 Å². The molecule has 0 aliphatic carbocycles. The summed E-state index contributed by atoms with van der Waals surface area (Å²) in [5, 5.41) is 2.40. The zero-order chi connectivity index (χ0) is 13.3. The van der Waals surface area contributed by atoms with Crippen molar-refractivity contribution in [1.29, 1.82) is 0 Å². The van der Waals surface area contributed by atoms with Gasteiger partial charge in [0.2, 0.25) is 0 Å². The Bertz CT molecular complexity index is 490. The number of halogens is 4. The molecule has 0 saturated carbocycles. The molecule has 1 aromatic carbocycles. The number of ether oxygens (including phenoxy) is 1. The largest absolute Gasteiger partial charge is 0.379 e. The smallest absolute Gasteiger partial charge is 0.257 e. The molecule has 0 spiro atoms. The van der Waals surface area contributed by atoms with Crippen LogP contribution >= 0.6 is 15.9 Å². The molecule has 2 rings (SSSR count). The first kappa shape index (κ1) is 13.4. The van der Waals surface area contributed by atoms with Gasteiger partial charge in [0, 0.05) is 6.61 Å². The minimum Gasteiger partial charge on any atom is -0.379 e. The molecule has 1 aromatic rings. The number of hydrogen-bond donors (Lipinski definition) is 1. The van der Waals surface area contributed by atoms with Crippen molar-refractivity contribution in [3.8, 4) is 0 Å². The fraction of sp³-hybridized carbons (Fsp3) is 0.364. The van der Waals surface area contributed by atoms with Gasteiger partial charge in [-0.05, 0) is 28.4 Å². The van der Waals surface area contributed by atoms with Crippen molar-refractivity contribution in [1.82, 2.24) is 5.32 Å². The molecule has 1 atom stereocenters. The summed E-state index contributed by atoms with van der Waals surface area (Å²) in [7, 11) is 0. The summed E-state index contributed by atoms with van der Waals surface area (Å²) in [5.41, 5.74) is -0.914. The second-order valence-electron chi connectivity index (χ2n) is 3.88. The maximum atomic E-state index is 13.5. The summed E-state index contributed by atoms with van der Waals surface area (Å²) in [6.45, 7) is 0.762. The van der Waals surface area contributed by atoms with E-state index in [1.165, 1.54) is 0 Å². The third-order valence-electron chi connectivity index (χ3n) is 2.61. The van der Waals surface area contributed by atoms with Crippen molar-refractivity contribution in [3.63, 3.8) is 0 Å². The molecule has 1 aliphatic heterocycles. The maximum Gasteiger partial charge on any atom is 0.257 e. The number of amides is 1. The predicted octanol–water partition coefficient (Wildman–Crippen LogP) is 2.39. The Hall–Kier alpha value is -1.08. The molecule has 0 aromatic heterocycles. The van der Waals surface area contributed by atoms with Crippen LogP contribution in [-0.2, 0) is 4.74 Å². The van der Waals surface area contributed by atoms with E-state index in [2.05, 4.69) is 21.2 Å². The van der Waals surface area contributed by atoms with Crippen LogP contribution in [0, 0.1) is 17.5 Å². The highest BCUT2D eigenvalue weighted by Gasteiger charge is 2.26. The van der Waals surface area contributed by atoms with E-state index in [0.717, 1.165) is 6.07 Å². The molecule has 1 N–H and O–H groups in total. The zero-order valence-corrected chi connectivity index (χ0v) is 10.7. The summed E-state index contributed by atoms with van der Waals surface area (Å²) in [6, 6.07) is 0.418. The topological polar surface area (TPSA) is 38.3 Å². The highest BCUT2D eigenvalue weighted by atomic mass is 79.9. The Morgan fingerprint density at radius 1 is 1.39 bits per heavy atom. The Balaban J connectivity index is 2.26. The number of rotatable bonds is 2. The van der Waals surface area contributed by atoms with Gasteiger partial charge in [-0.15, -0.1) is 0 Å². The SMILES string of the molecule is O=C(NC1CCOC1)c1c(F)cc(Br)c(F)c1F. The minimum atomic E-state index is -1.50. The van der Waals surface area contributed by atoms with Gasteiger partial charge < -0.3 is 10.1 Å². The lowest BCUT2D eigenvalue weighted by molar-refractivity contribution is 0.0920. The second kappa shape index (κ2) is 5.27. The average Bonchev–Trinajstić information content (AvgIpc) is 2.78. The van der Waals surface area contributed by atoms with E-state index in [0.29, 0.717) is 13.0 Å². The van der Waals surface area contributed by atoms with E-state index >= 15 is 0 Å². The highest BCUT2D eigenvalue weighted by Crippen LogP contribution is 2.24. The van der Waals surface area contributed by atoms with Crippen LogP contribution in [0.15, 0.2) is 10.5 Å². The maximum absolute atomic E-state index is 13.5. The van der Waals surface area contributed by atoms with Crippen molar-refractivity contribution in [3.05, 3.63) is 33.6 Å². The molecule has 1 saturated heterocycles. The molecule has 1 fully saturated rings. The summed E-state index contributed by atoms with van der Waals surface area (Å²) in [5.74, 6) is -4.88. The Morgan fingerprint density at radius 2 is 2.11 bits per heavy atom. The van der Waals surface area contributed by atoms with Crippen molar-refractivity contribution in [2.45, 2.75) is 12.5 Å². The van der Waals surface area contributed by atoms with Gasteiger partial charge in [-0.1, -0.05) is 0 Å². The zero-order valence-electron chi connectivity index (χ0n) is 9.10. The lowest BCUT2D eigenvalue weighted by atomic mass is 10.1. The third kappa shape index (κ3) is 2.51. The first-order valence-electron chi connectivity index (χ1n) is 5.22. The number of carbonyl (C=O) groups is 1. The van der Waals surface area contributed by atoms with Crippen LogP contribution in [0.3, 0.4) is 0 Å². The molecule has 0 bridgehead atoms. The molecule has 18 heavy (non-hydrogen) atoms. The van der Waals surface area contributed by atoms with E-state index in [-0.39, 0.29) is 17.1 Å². The van der Waals surface area contributed by atoms with Crippen LogP contribution in [0.2, 0.25) is 0 Å². The molecular formula is C11H9BrF3NO2. The van der Waals surface area contributed by atoms with Crippen molar-refractivity contribution >= 4 is 21.8 Å². The van der Waals surface area contributed by atoms with E-state index in [4.69, 9.17) is 4.74 Å². The van der Waals surface area contributed by atoms with E-state index in [1.807, 2.05) is 0 Å². The Morgan fingerprint density at radius 3 is 2.72 bits per heavy atom. The lowest BCUT2D eigenvalue weighted by Crippen LogP contribution is -2.36. The van der Waals surface area contributed by atoms with Crippen LogP contribution in [0.5, 0.6) is 0 Å². The Labute approximate surface area is 109 Å². The summed E-state index contributed by atoms with van der Waals surface area (Å²) in [4.78, 5) is 11.7. The van der Waals surface area contributed by atoms with E-state index in [9.17, 15) is 18.0 Å². The fourth-order valence-electron chi connectivity index (χ4n) is 1.68. The van der Waals surface area contributed by atoms with E-state index < -0.39 is 28.9 Å². The number of benzene rings is 1. The van der Waals surface area contributed by atoms with Gasteiger partial charge in [-0.25, -0.2) is 13.2 Å². The predicted molar refractivity (Wildman–Crippen MR) is 60.7 cm³/mol. The molecule has 0 radical (unpaired) electrons. The van der Waals surface area contributed by atoms with Crippen LogP contribution in [0.25, 0.3) is 0 Å². The van der Waals surface area contributed by atoms with Crippen LogP contribution < -0.4 is 5.32 Å². The molecule has 7 heteroatoms. The molecule has 1 unspecified atom stereocenters. The molecule has 1 amide bonds. The monoisotopic (exact) mass is 323 g/mol. The standard InChI is InChI=1S/C11H9BrF3NO2/c12-6-3-7(13)8(10(15)9(6)14)11(17)16-5-1-2-18-4-5/h3,5H,1-2,4H2,(H,16,17). The van der Waals surface area contributed by atoms with Gasteiger partial charge in [-0.2, -0.15) is 0 Å². The molecule has 1 aliphatic rings. The molecule has 3 nitrogen and oxygen atoms in total. The van der Waals surface area contributed by atoms with Crippen molar-refractivity contribution in [2.24, 2.45) is 0 Å². The average molecular weight is 324 g/mol. The van der Waals surface area contributed by atoms with E-state index in [1.54, 1.807) is 0 Å². The number of nitrogens with one attached hydrogen (secondary N) is 1. The normalized spacial score (nSPS) is 19.0. The van der Waals surface area contributed by atoms with Crippen LogP contribution in [0.4, 0.5) is 13.2 Å². The van der Waals surface area contributed by atoms with Gasteiger partial charge in [0.15, 0.2) is 11.6 Å². The summed E-state index contributed by atoms with van der Waals surface area (Å²) >= 11 is 2.66. The Kier molecular flexibility index (Phi) is 3.91. The number of carbonyl (C=O) groups excluding carboxylic acids is 1. The molecular weight excluding hydrogens is 315 g/mol. The summed E-state index contributed by atoms with van der Waals surface area (Å²) < 4.78 is 44.9. The minimum absolute atomic E-state index is 0.286. The van der Waals surface area contributed by atoms with Gasteiger partial charge in [0.05, 0.1) is 17.1 Å². The fourth-order valence-corrected chi connectivity index (χ4v) is 2.06. The first-order valence-corrected chi connectivity index (χ1v) is 6.01. The first-order chi connectivity index (χ1) is 8.50. The van der Waals surface area contributed by atoms with Gasteiger partial charge >= 0.3 is 0 Å². The lowest BCUT2D eigenvalue weighted by Gasteiger charge is -2.12. The quantitative estimate of drug-likeness (QED) is 0.670. The number of hydrogen-bond acceptors (Lipinski definition) is 2. The second-order valence-corrected chi connectivity index (χ2v) is 4.73. The van der Waals surface area contributed by atoms with Crippen LogP contribution in [0.1, 0.15) is 16.8 Å². The van der Waals surface area contributed by atoms with Gasteiger partial charge in [0.25, 0.3) is 5.91 Å². The van der Waals surface area contributed by atoms with Gasteiger partial charge in [-0.3, -0.25) is 4.79 Å². The van der Waals surface area contributed by atoms with Crippen molar-refractivity contribution in [2.75, 3.05) is 13.2 Å². The van der Waals surface area contributed by atoms with Crippen LogP contribution in [-0.4, -0.2) is 25.2 Å². The van der Waals surface area contributed by atoms with Gasteiger partial charge in [0.1, 0.15) is 11.4 Å². The highest BCUT2D eigenvalue weighted by molar-refractivity contribution is 9.10. The summed E-state index contributed by atoms with van der Waals surface area (Å²) in [6.07, 6.45) is 0.563. The third-order valence-corrected chi connectivity index (χ3v) is 3.18. The molecule has 1 heterocycles.